The first-order valence-electron chi connectivity index (χ1n) is 15.5. The highest BCUT2D eigenvalue weighted by Crippen LogP contribution is 2.37. The van der Waals surface area contributed by atoms with Crippen LogP contribution in [0.1, 0.15) is 30.4 Å². The predicted molar refractivity (Wildman–Crippen MR) is 172 cm³/mol. The summed E-state index contributed by atoms with van der Waals surface area (Å²) in [6.45, 7) is 6.02. The summed E-state index contributed by atoms with van der Waals surface area (Å²) < 4.78 is 45.8. The van der Waals surface area contributed by atoms with E-state index in [0.717, 1.165) is 45.6 Å². The molecule has 0 bridgehead atoms. The Balaban J connectivity index is 1.17. The Morgan fingerprint density at radius 1 is 0.804 bits per heavy atom. The molecule has 5 rings (SSSR count). The Morgan fingerprint density at radius 3 is 2.24 bits per heavy atom. The molecule has 4 aromatic rings. The van der Waals surface area contributed by atoms with Crippen LogP contribution in [0.2, 0.25) is 0 Å². The molecule has 0 aliphatic carbocycles. The van der Waals surface area contributed by atoms with Crippen LogP contribution in [0, 0.1) is 11.6 Å². The number of hydrogen-bond donors (Lipinski definition) is 0. The van der Waals surface area contributed by atoms with E-state index in [1.54, 1.807) is 37.6 Å². The van der Waals surface area contributed by atoms with Crippen molar-refractivity contribution in [3.63, 3.8) is 0 Å². The molecular formula is C36H39F2N3O5. The monoisotopic (exact) mass is 631 g/mol. The fraction of sp³-hybridized carbons (Fsp3) is 0.361. The number of halogens is 2. The zero-order chi connectivity index (χ0) is 32.5. The summed E-state index contributed by atoms with van der Waals surface area (Å²) >= 11 is 0. The molecule has 1 fully saturated rings. The lowest BCUT2D eigenvalue weighted by Crippen LogP contribution is -2.44. The highest BCUT2D eigenvalue weighted by atomic mass is 19.1. The maximum Gasteiger partial charge on any atom is 0.166 e. The summed E-state index contributed by atoms with van der Waals surface area (Å²) in [5.74, 6) is -0.186. The maximum absolute atomic E-state index is 15.1. The van der Waals surface area contributed by atoms with Gasteiger partial charge in [-0.05, 0) is 74.0 Å². The van der Waals surface area contributed by atoms with E-state index in [1.807, 2.05) is 0 Å². The molecule has 0 N–H and O–H groups in total. The minimum atomic E-state index is -0.642. The second-order valence-corrected chi connectivity index (χ2v) is 11.6. The highest BCUT2D eigenvalue weighted by molar-refractivity contribution is 6.00. The van der Waals surface area contributed by atoms with Gasteiger partial charge in [-0.2, -0.15) is 0 Å². The second-order valence-electron chi connectivity index (χ2n) is 11.6. The average Bonchev–Trinajstić information content (AvgIpc) is 3.03. The second kappa shape index (κ2) is 15.7. The molecule has 1 aromatic heterocycles. The SMILES string of the molecule is COc1cc2c(Oc3ccc(CC(=O)CC(=O)Cc4ccc(F)cc4)cc3F)ccnc2cc1OCCCCN1CCN(C)CC1. The van der Waals surface area contributed by atoms with E-state index in [2.05, 4.69) is 21.8 Å². The van der Waals surface area contributed by atoms with Gasteiger partial charge in [-0.3, -0.25) is 14.6 Å². The van der Waals surface area contributed by atoms with Crippen LogP contribution in [0.15, 0.2) is 66.9 Å². The van der Waals surface area contributed by atoms with Gasteiger partial charge in [0.25, 0.3) is 0 Å². The van der Waals surface area contributed by atoms with Crippen LogP contribution in [-0.2, 0) is 22.4 Å². The summed E-state index contributed by atoms with van der Waals surface area (Å²) in [6, 6.07) is 15.1. The van der Waals surface area contributed by atoms with Gasteiger partial charge in [0.15, 0.2) is 23.1 Å². The van der Waals surface area contributed by atoms with Crippen LogP contribution in [0.5, 0.6) is 23.0 Å². The van der Waals surface area contributed by atoms with Crippen molar-refractivity contribution in [2.75, 3.05) is 53.5 Å². The average molecular weight is 632 g/mol. The van der Waals surface area contributed by atoms with Crippen molar-refractivity contribution >= 4 is 22.5 Å². The number of likely N-dealkylation sites (N-methyl/N-ethyl adjacent to an activating group) is 1. The number of pyridine rings is 1. The van der Waals surface area contributed by atoms with Gasteiger partial charge in [-0.15, -0.1) is 0 Å². The van der Waals surface area contributed by atoms with Gasteiger partial charge < -0.3 is 24.0 Å². The summed E-state index contributed by atoms with van der Waals surface area (Å²) in [5, 5.41) is 0.625. The first-order valence-corrected chi connectivity index (χ1v) is 15.5. The molecule has 0 saturated carbocycles. The Hall–Kier alpha value is -4.41. The van der Waals surface area contributed by atoms with Gasteiger partial charge >= 0.3 is 0 Å². The van der Waals surface area contributed by atoms with Crippen molar-refractivity contribution in [1.29, 1.82) is 0 Å². The molecule has 1 aliphatic heterocycles. The van der Waals surface area contributed by atoms with Crippen molar-refractivity contribution in [2.24, 2.45) is 0 Å². The first kappa shape index (κ1) is 33.0. The molecule has 2 heterocycles. The van der Waals surface area contributed by atoms with Crippen molar-refractivity contribution in [3.05, 3.63) is 89.6 Å². The fourth-order valence-corrected chi connectivity index (χ4v) is 5.44. The Labute approximate surface area is 267 Å². The molecule has 0 spiro atoms. The molecular weight excluding hydrogens is 592 g/mol. The van der Waals surface area contributed by atoms with Crippen molar-refractivity contribution in [3.8, 4) is 23.0 Å². The number of ether oxygens (including phenoxy) is 3. The zero-order valence-electron chi connectivity index (χ0n) is 26.3. The predicted octanol–water partition coefficient (Wildman–Crippen LogP) is 6.03. The fourth-order valence-electron chi connectivity index (χ4n) is 5.44. The molecule has 10 heteroatoms. The number of Topliss-reactive ketones (excluding diaryl/α,β-unsaturated/α-hetero) is 2. The highest BCUT2D eigenvalue weighted by Gasteiger charge is 2.17. The third kappa shape index (κ3) is 9.08. The number of fused-ring (bicyclic) bond motifs is 1. The smallest absolute Gasteiger partial charge is 0.166 e. The molecule has 46 heavy (non-hydrogen) atoms. The zero-order valence-corrected chi connectivity index (χ0v) is 26.3. The summed E-state index contributed by atoms with van der Waals surface area (Å²) in [6.07, 6.45) is 3.19. The molecule has 1 saturated heterocycles. The number of benzene rings is 3. The molecule has 242 valence electrons. The molecule has 0 radical (unpaired) electrons. The largest absolute Gasteiger partial charge is 0.493 e. The minimum Gasteiger partial charge on any atom is -0.493 e. The number of carbonyl (C=O) groups excluding carboxylic acids is 2. The summed E-state index contributed by atoms with van der Waals surface area (Å²) in [4.78, 5) is 34.1. The number of unbranched alkanes of at least 4 members (excludes halogenated alkanes) is 1. The van der Waals surface area contributed by atoms with E-state index < -0.39 is 11.6 Å². The summed E-state index contributed by atoms with van der Waals surface area (Å²) in [5.41, 5.74) is 1.67. The van der Waals surface area contributed by atoms with E-state index in [1.165, 1.54) is 36.4 Å². The minimum absolute atomic E-state index is 0.0178. The van der Waals surface area contributed by atoms with Gasteiger partial charge in [0, 0.05) is 56.7 Å². The third-order valence-electron chi connectivity index (χ3n) is 8.04. The summed E-state index contributed by atoms with van der Waals surface area (Å²) in [7, 11) is 3.72. The standard InChI is InChI=1S/C36H39F2N3O5/c1-40-14-16-41(17-15-40)13-3-4-18-45-36-24-32-30(23-35(36)44-2)33(11-12-39-32)46-34-10-7-26(21-31(34)38)20-29(43)22-28(42)19-25-5-8-27(37)9-6-25/h5-12,21,23-24H,3-4,13-20,22H2,1-2H3. The normalized spacial score (nSPS) is 13.9. The lowest BCUT2D eigenvalue weighted by atomic mass is 10.0. The van der Waals surface area contributed by atoms with Crippen LogP contribution >= 0.6 is 0 Å². The molecule has 0 amide bonds. The number of nitrogens with zero attached hydrogens (tertiary/aromatic N) is 3. The topological polar surface area (TPSA) is 81.2 Å². The number of hydrogen-bond acceptors (Lipinski definition) is 8. The van der Waals surface area contributed by atoms with Crippen LogP contribution in [-0.4, -0.2) is 79.8 Å². The van der Waals surface area contributed by atoms with Crippen LogP contribution < -0.4 is 14.2 Å². The number of piperazine rings is 1. The Bertz CT molecular complexity index is 1660. The van der Waals surface area contributed by atoms with E-state index in [4.69, 9.17) is 14.2 Å². The number of carbonyl (C=O) groups is 2. The number of ketones is 2. The van der Waals surface area contributed by atoms with E-state index in [9.17, 15) is 14.0 Å². The lowest BCUT2D eigenvalue weighted by molar-refractivity contribution is -0.126. The van der Waals surface area contributed by atoms with Crippen LogP contribution in [0.25, 0.3) is 10.9 Å². The third-order valence-corrected chi connectivity index (χ3v) is 8.04. The van der Waals surface area contributed by atoms with Gasteiger partial charge in [-0.1, -0.05) is 18.2 Å². The van der Waals surface area contributed by atoms with Crippen molar-refractivity contribution in [2.45, 2.75) is 32.1 Å². The van der Waals surface area contributed by atoms with Crippen molar-refractivity contribution < 1.29 is 32.6 Å². The van der Waals surface area contributed by atoms with Gasteiger partial charge in [0.1, 0.15) is 23.1 Å². The van der Waals surface area contributed by atoms with Crippen molar-refractivity contribution in [1.82, 2.24) is 14.8 Å². The Morgan fingerprint density at radius 2 is 1.52 bits per heavy atom. The lowest BCUT2D eigenvalue weighted by Gasteiger charge is -2.32. The molecule has 3 aromatic carbocycles. The molecule has 0 atom stereocenters. The Kier molecular flexibility index (Phi) is 11.3. The molecule has 0 unspecified atom stereocenters. The van der Waals surface area contributed by atoms with E-state index in [-0.39, 0.29) is 36.6 Å². The molecule has 1 aliphatic rings. The first-order chi connectivity index (χ1) is 22.3. The number of methoxy groups -OCH3 is 1. The number of rotatable bonds is 15. The quantitative estimate of drug-likeness (QED) is 0.116. The van der Waals surface area contributed by atoms with Gasteiger partial charge in [0.2, 0.25) is 0 Å². The van der Waals surface area contributed by atoms with Gasteiger partial charge in [-0.25, -0.2) is 8.78 Å². The van der Waals surface area contributed by atoms with E-state index >= 15 is 4.39 Å². The van der Waals surface area contributed by atoms with E-state index in [0.29, 0.717) is 45.9 Å². The van der Waals surface area contributed by atoms with Crippen LogP contribution in [0.3, 0.4) is 0 Å². The number of aromatic nitrogens is 1. The molecule has 8 nitrogen and oxygen atoms in total. The maximum atomic E-state index is 15.1. The van der Waals surface area contributed by atoms with Gasteiger partial charge in [0.05, 0.1) is 25.7 Å². The van der Waals surface area contributed by atoms with Crippen LogP contribution in [0.4, 0.5) is 8.78 Å².